The molecule has 22 heavy (non-hydrogen) atoms. The highest BCUT2D eigenvalue weighted by Crippen LogP contribution is 2.24. The first-order chi connectivity index (χ1) is 10.6. The van der Waals surface area contributed by atoms with E-state index in [-0.39, 0.29) is 5.82 Å². The van der Waals surface area contributed by atoms with Gasteiger partial charge in [0.2, 0.25) is 0 Å². The van der Waals surface area contributed by atoms with Gasteiger partial charge in [-0.25, -0.2) is 4.39 Å². The first-order valence-electron chi connectivity index (χ1n) is 8.54. The predicted octanol–water partition coefficient (Wildman–Crippen LogP) is 2.73. The molecule has 3 nitrogen and oxygen atoms in total. The molecule has 122 valence electrons. The maximum Gasteiger partial charge on any atom is 0.123 e. The van der Waals surface area contributed by atoms with Crippen LogP contribution in [0.4, 0.5) is 4.39 Å². The van der Waals surface area contributed by atoms with Crippen molar-refractivity contribution in [3.63, 3.8) is 0 Å². The zero-order valence-corrected chi connectivity index (χ0v) is 13.5. The molecule has 2 unspecified atom stereocenters. The van der Waals surface area contributed by atoms with Gasteiger partial charge in [0.05, 0.1) is 6.10 Å². The van der Waals surface area contributed by atoms with Gasteiger partial charge in [0.25, 0.3) is 0 Å². The fourth-order valence-corrected chi connectivity index (χ4v) is 3.96. The minimum Gasteiger partial charge on any atom is -0.387 e. The standard InChI is InChI=1S/C18H27FN2O/c1-14-11-15(19)6-7-17(14)18(22)13-20-8-4-5-16(12-20)21-9-2-3-10-21/h6-7,11,16,18,22H,2-5,8-10,12-13H2,1H3. The first kappa shape index (κ1) is 15.9. The van der Waals surface area contributed by atoms with Crippen molar-refractivity contribution < 1.29 is 9.50 Å². The first-order valence-corrected chi connectivity index (χ1v) is 8.54. The van der Waals surface area contributed by atoms with Crippen molar-refractivity contribution in [1.82, 2.24) is 9.80 Å². The third-order valence-electron chi connectivity index (χ3n) is 5.16. The van der Waals surface area contributed by atoms with E-state index in [1.165, 1.54) is 50.9 Å². The maximum atomic E-state index is 13.2. The van der Waals surface area contributed by atoms with E-state index in [1.807, 2.05) is 6.92 Å². The molecule has 0 bridgehead atoms. The molecule has 3 rings (SSSR count). The van der Waals surface area contributed by atoms with Gasteiger partial charge in [-0.1, -0.05) is 6.07 Å². The van der Waals surface area contributed by atoms with Crippen LogP contribution in [-0.2, 0) is 0 Å². The normalized spacial score (nSPS) is 25.5. The summed E-state index contributed by atoms with van der Waals surface area (Å²) in [5.41, 5.74) is 1.69. The second-order valence-electron chi connectivity index (χ2n) is 6.82. The Labute approximate surface area is 132 Å². The molecule has 0 radical (unpaired) electrons. The minimum absolute atomic E-state index is 0.236. The molecular formula is C18H27FN2O. The van der Waals surface area contributed by atoms with Gasteiger partial charge >= 0.3 is 0 Å². The van der Waals surface area contributed by atoms with Crippen LogP contribution in [0.25, 0.3) is 0 Å². The Morgan fingerprint density at radius 2 is 2.00 bits per heavy atom. The lowest BCUT2D eigenvalue weighted by Gasteiger charge is -2.38. The molecule has 2 fully saturated rings. The van der Waals surface area contributed by atoms with Crippen LogP contribution in [0.5, 0.6) is 0 Å². The van der Waals surface area contributed by atoms with Crippen molar-refractivity contribution in [3.05, 3.63) is 35.1 Å². The summed E-state index contributed by atoms with van der Waals surface area (Å²) in [5, 5.41) is 10.5. The predicted molar refractivity (Wildman–Crippen MR) is 86.4 cm³/mol. The summed E-state index contributed by atoms with van der Waals surface area (Å²) in [6.07, 6.45) is 4.61. The van der Waals surface area contributed by atoms with Gasteiger partial charge in [-0.3, -0.25) is 9.80 Å². The monoisotopic (exact) mass is 306 g/mol. The van der Waals surface area contributed by atoms with Gasteiger partial charge in [0.1, 0.15) is 5.82 Å². The Hall–Kier alpha value is -0.970. The molecule has 1 aromatic carbocycles. The third kappa shape index (κ3) is 3.67. The molecule has 2 aliphatic rings. The maximum absolute atomic E-state index is 13.2. The summed E-state index contributed by atoms with van der Waals surface area (Å²) in [5.74, 6) is -0.236. The number of rotatable bonds is 4. The van der Waals surface area contributed by atoms with E-state index in [0.29, 0.717) is 12.6 Å². The average molecular weight is 306 g/mol. The van der Waals surface area contributed by atoms with E-state index in [4.69, 9.17) is 0 Å². The van der Waals surface area contributed by atoms with Crippen LogP contribution in [0.1, 0.15) is 42.9 Å². The van der Waals surface area contributed by atoms with Gasteiger partial charge in [0, 0.05) is 19.1 Å². The molecule has 4 heteroatoms. The van der Waals surface area contributed by atoms with Crippen LogP contribution in [-0.4, -0.2) is 53.7 Å². The van der Waals surface area contributed by atoms with Crippen LogP contribution in [0.3, 0.4) is 0 Å². The lowest BCUT2D eigenvalue weighted by Crippen LogP contribution is -2.47. The Morgan fingerprint density at radius 3 is 2.73 bits per heavy atom. The second-order valence-corrected chi connectivity index (χ2v) is 6.82. The summed E-state index contributed by atoms with van der Waals surface area (Å²) < 4.78 is 13.2. The van der Waals surface area contributed by atoms with Crippen molar-refractivity contribution in [1.29, 1.82) is 0 Å². The summed E-state index contributed by atoms with van der Waals surface area (Å²) in [6.45, 7) is 7.09. The number of aryl methyl sites for hydroxylation is 1. The molecule has 1 N–H and O–H groups in total. The molecule has 0 saturated carbocycles. The molecule has 0 aliphatic carbocycles. The highest BCUT2D eigenvalue weighted by Gasteiger charge is 2.28. The molecule has 1 aromatic rings. The van der Waals surface area contributed by atoms with Crippen molar-refractivity contribution in [2.75, 3.05) is 32.7 Å². The molecule has 0 spiro atoms. The third-order valence-corrected chi connectivity index (χ3v) is 5.16. The number of halogens is 1. The SMILES string of the molecule is Cc1cc(F)ccc1C(O)CN1CCCC(N2CCCC2)C1. The number of likely N-dealkylation sites (tertiary alicyclic amines) is 2. The van der Waals surface area contributed by atoms with Crippen LogP contribution >= 0.6 is 0 Å². The van der Waals surface area contributed by atoms with E-state index < -0.39 is 6.10 Å². The quantitative estimate of drug-likeness (QED) is 0.926. The molecule has 2 aliphatic heterocycles. The Kier molecular flexibility index (Phi) is 5.11. The van der Waals surface area contributed by atoms with Crippen molar-refractivity contribution >= 4 is 0 Å². The number of nitrogens with zero attached hydrogens (tertiary/aromatic N) is 2. The Morgan fingerprint density at radius 1 is 1.23 bits per heavy atom. The lowest BCUT2D eigenvalue weighted by molar-refractivity contribution is 0.0648. The van der Waals surface area contributed by atoms with Crippen LogP contribution in [0.15, 0.2) is 18.2 Å². The smallest absolute Gasteiger partial charge is 0.123 e. The van der Waals surface area contributed by atoms with E-state index in [0.717, 1.165) is 24.2 Å². The van der Waals surface area contributed by atoms with E-state index in [2.05, 4.69) is 9.80 Å². The molecule has 2 heterocycles. The number of β-amino-alcohol motifs (C(OH)–C–C–N with tert-alkyl or cyclic N) is 1. The van der Waals surface area contributed by atoms with Gasteiger partial charge in [-0.15, -0.1) is 0 Å². The topological polar surface area (TPSA) is 26.7 Å². The summed E-state index contributed by atoms with van der Waals surface area (Å²) in [7, 11) is 0. The molecule has 0 amide bonds. The van der Waals surface area contributed by atoms with Gasteiger partial charge in [0.15, 0.2) is 0 Å². The molecule has 2 saturated heterocycles. The highest BCUT2D eigenvalue weighted by molar-refractivity contribution is 5.28. The second kappa shape index (κ2) is 7.07. The molecule has 2 atom stereocenters. The number of hydrogen-bond donors (Lipinski definition) is 1. The van der Waals surface area contributed by atoms with Gasteiger partial charge in [-0.2, -0.15) is 0 Å². The van der Waals surface area contributed by atoms with Gasteiger partial charge in [-0.05, 0) is 75.5 Å². The lowest BCUT2D eigenvalue weighted by atomic mass is 10.00. The highest BCUT2D eigenvalue weighted by atomic mass is 19.1. The minimum atomic E-state index is -0.530. The number of benzene rings is 1. The average Bonchev–Trinajstić information content (AvgIpc) is 3.01. The molecular weight excluding hydrogens is 279 g/mol. The van der Waals surface area contributed by atoms with E-state index in [1.54, 1.807) is 6.07 Å². The fourth-order valence-electron chi connectivity index (χ4n) is 3.96. The zero-order chi connectivity index (χ0) is 15.5. The van der Waals surface area contributed by atoms with Crippen LogP contribution in [0, 0.1) is 12.7 Å². The Balaban J connectivity index is 1.59. The van der Waals surface area contributed by atoms with Gasteiger partial charge < -0.3 is 5.11 Å². The van der Waals surface area contributed by atoms with Crippen molar-refractivity contribution in [3.8, 4) is 0 Å². The van der Waals surface area contributed by atoms with Crippen molar-refractivity contribution in [2.24, 2.45) is 0 Å². The van der Waals surface area contributed by atoms with Crippen LogP contribution < -0.4 is 0 Å². The summed E-state index contributed by atoms with van der Waals surface area (Å²) >= 11 is 0. The number of piperidine rings is 1. The number of aliphatic hydroxyl groups excluding tert-OH is 1. The Bertz CT molecular complexity index is 502. The summed E-state index contributed by atoms with van der Waals surface area (Å²) in [4.78, 5) is 4.99. The number of aliphatic hydroxyl groups is 1. The van der Waals surface area contributed by atoms with Crippen LogP contribution in [0.2, 0.25) is 0 Å². The summed E-state index contributed by atoms with van der Waals surface area (Å²) in [6, 6.07) is 5.31. The largest absolute Gasteiger partial charge is 0.387 e. The molecule has 0 aromatic heterocycles. The fraction of sp³-hybridized carbons (Fsp3) is 0.667. The van der Waals surface area contributed by atoms with Crippen molar-refractivity contribution in [2.45, 2.75) is 44.8 Å². The zero-order valence-electron chi connectivity index (χ0n) is 13.5. The van der Waals surface area contributed by atoms with E-state index >= 15 is 0 Å². The number of hydrogen-bond acceptors (Lipinski definition) is 3. The van der Waals surface area contributed by atoms with E-state index in [9.17, 15) is 9.50 Å².